The van der Waals surface area contributed by atoms with Crippen molar-refractivity contribution >= 4 is 16.6 Å². The Morgan fingerprint density at radius 2 is 1.61 bits per heavy atom. The van der Waals surface area contributed by atoms with Crippen molar-refractivity contribution in [2.75, 3.05) is 0 Å². The Morgan fingerprint density at radius 1 is 0.968 bits per heavy atom. The van der Waals surface area contributed by atoms with Crippen LogP contribution in [-0.4, -0.2) is 10.9 Å². The van der Waals surface area contributed by atoms with Gasteiger partial charge in [-0.1, -0.05) is 50.8 Å². The van der Waals surface area contributed by atoms with Crippen molar-refractivity contribution in [3.8, 4) is 11.1 Å². The first-order chi connectivity index (χ1) is 14.0. The second-order valence-electron chi connectivity index (χ2n) is 8.51. The summed E-state index contributed by atoms with van der Waals surface area (Å²) in [5, 5.41) is 10.9. The molecule has 2 nitrogen and oxygen atoms in total. The molecule has 3 aromatic carbocycles. The Labute approximate surface area is 200 Å². The van der Waals surface area contributed by atoms with E-state index >= 15 is 0 Å². The maximum atomic E-state index is 10.0. The molecule has 0 saturated carbocycles. The van der Waals surface area contributed by atoms with E-state index in [2.05, 4.69) is 83.1 Å². The summed E-state index contributed by atoms with van der Waals surface area (Å²) in [6.45, 7) is 13.8. The van der Waals surface area contributed by atoms with Gasteiger partial charge in [-0.2, -0.15) is 29.8 Å². The molecule has 167 valence electrons. The average Bonchev–Trinajstić information content (AvgIpc) is 2.60. The van der Waals surface area contributed by atoms with Crippen LogP contribution in [0.25, 0.3) is 21.9 Å². The minimum atomic E-state index is -0.125. The van der Waals surface area contributed by atoms with Crippen LogP contribution in [0, 0.1) is 38.8 Å². The molecule has 1 N–H and O–H groups in total. The molecule has 0 spiro atoms. The Morgan fingerprint density at radius 3 is 2.13 bits per heavy atom. The van der Waals surface area contributed by atoms with Gasteiger partial charge >= 0.3 is 0 Å². The van der Waals surface area contributed by atoms with Gasteiger partial charge < -0.3 is 5.11 Å². The van der Waals surface area contributed by atoms with Crippen LogP contribution in [0.5, 0.6) is 0 Å². The molecule has 0 saturated heterocycles. The number of benzene rings is 3. The van der Waals surface area contributed by atoms with E-state index in [0.717, 1.165) is 17.5 Å². The molecule has 0 aliphatic rings. The van der Waals surface area contributed by atoms with Crippen LogP contribution >= 0.6 is 0 Å². The van der Waals surface area contributed by atoms with E-state index in [0.29, 0.717) is 5.92 Å². The van der Waals surface area contributed by atoms with Crippen molar-refractivity contribution in [1.82, 2.24) is 0 Å². The predicted molar refractivity (Wildman–Crippen MR) is 127 cm³/mol. The molecule has 0 unspecified atom stereocenters. The zero-order valence-electron chi connectivity index (χ0n) is 19.5. The quantitative estimate of drug-likeness (QED) is 0.197. The van der Waals surface area contributed by atoms with Crippen LogP contribution in [-0.2, 0) is 31.3 Å². The van der Waals surface area contributed by atoms with E-state index in [1.54, 1.807) is 0 Å². The molecule has 0 aliphatic heterocycles. The van der Waals surface area contributed by atoms with Gasteiger partial charge in [0.05, 0.1) is 5.76 Å². The van der Waals surface area contributed by atoms with Crippen molar-refractivity contribution in [3.05, 3.63) is 82.6 Å². The van der Waals surface area contributed by atoms with Gasteiger partial charge in [-0.05, 0) is 33.1 Å². The maximum absolute atomic E-state index is 10.0. The largest absolute Gasteiger partial charge is 0.512 e. The van der Waals surface area contributed by atoms with Crippen LogP contribution in [0.4, 0.5) is 0 Å². The van der Waals surface area contributed by atoms with Gasteiger partial charge in [-0.15, -0.1) is 34.2 Å². The van der Waals surface area contributed by atoms with Crippen molar-refractivity contribution < 1.29 is 30.0 Å². The van der Waals surface area contributed by atoms with Crippen LogP contribution in [0.3, 0.4) is 0 Å². The molecule has 31 heavy (non-hydrogen) atoms. The summed E-state index contributed by atoms with van der Waals surface area (Å²) in [5.41, 5.74) is 7.49. The van der Waals surface area contributed by atoms with Crippen molar-refractivity contribution in [3.63, 3.8) is 0 Å². The maximum Gasteiger partial charge on any atom is 0.155 e. The molecule has 0 heterocycles. The fourth-order valence-corrected chi connectivity index (χ4v) is 3.55. The van der Waals surface area contributed by atoms with Crippen LogP contribution in [0.15, 0.2) is 48.2 Å². The molecule has 3 aromatic rings. The monoisotopic (exact) mass is 593 g/mol. The fraction of sp³-hybridized carbons (Fsp3) is 0.321. The number of carbonyl (C=O) groups excluding carboxylic acids is 1. The van der Waals surface area contributed by atoms with Crippen molar-refractivity contribution in [2.45, 2.75) is 54.9 Å². The van der Waals surface area contributed by atoms with E-state index in [4.69, 9.17) is 5.11 Å². The molecule has 0 fully saturated rings. The zero-order valence-corrected chi connectivity index (χ0v) is 21.9. The van der Waals surface area contributed by atoms with E-state index in [1.807, 2.05) is 0 Å². The molecular weight excluding hydrogens is 561 g/mol. The molecule has 0 bridgehead atoms. The summed E-state index contributed by atoms with van der Waals surface area (Å²) >= 11 is 0. The number of aliphatic hydroxyl groups is 1. The number of rotatable bonds is 4. The minimum Gasteiger partial charge on any atom is -0.512 e. The van der Waals surface area contributed by atoms with Gasteiger partial charge in [-0.3, -0.25) is 4.79 Å². The zero-order chi connectivity index (χ0) is 22.4. The summed E-state index contributed by atoms with van der Waals surface area (Å²) in [6, 6.07) is 20.4. The van der Waals surface area contributed by atoms with E-state index in [1.165, 1.54) is 52.9 Å². The number of aryl methyl sites for hydroxylation is 3. The molecule has 0 atom stereocenters. The standard InChI is InChI=1S/C23H24.C5H8O2.Ir/c1-15(2)8-22-14-21(20-10-17(4)9-18(5)11-20)13-19-7-6-16(3)12-23(19)22;1-4(6)3-5(2)7;/h6-7,9-10,12,14-15H,8H2,1-5H3;3,6H,1-2H3;/q-2;;/b;4-3-;. The smallest absolute Gasteiger partial charge is 0.155 e. The first-order valence-electron chi connectivity index (χ1n) is 10.4. The van der Waals surface area contributed by atoms with Gasteiger partial charge in [0, 0.05) is 26.2 Å². The molecule has 3 rings (SSSR count). The minimum absolute atomic E-state index is 0. The SMILES string of the molecule is CC(=O)/C=C(/C)O.Cc1[c-]c(-c2[c-]c3ccc(C)cc3c(CC(C)C)c2)cc(C)c1.[Ir]. The third-order valence-corrected chi connectivity index (χ3v) is 4.59. The summed E-state index contributed by atoms with van der Waals surface area (Å²) in [6.07, 6.45) is 2.26. The third-order valence-electron chi connectivity index (χ3n) is 4.59. The van der Waals surface area contributed by atoms with Gasteiger partial charge in [0.25, 0.3) is 0 Å². The predicted octanol–water partition coefficient (Wildman–Crippen LogP) is 7.27. The van der Waals surface area contributed by atoms with Gasteiger partial charge in [0.15, 0.2) is 5.78 Å². The second-order valence-corrected chi connectivity index (χ2v) is 8.51. The molecule has 0 aromatic heterocycles. The van der Waals surface area contributed by atoms with Crippen molar-refractivity contribution in [2.24, 2.45) is 5.92 Å². The summed E-state index contributed by atoms with van der Waals surface area (Å²) in [7, 11) is 0. The van der Waals surface area contributed by atoms with E-state index < -0.39 is 0 Å². The molecule has 3 heteroatoms. The van der Waals surface area contributed by atoms with Crippen LogP contribution in [0.1, 0.15) is 49.9 Å². The fourth-order valence-electron chi connectivity index (χ4n) is 3.55. The average molecular weight is 593 g/mol. The second kappa shape index (κ2) is 12.0. The molecule has 0 aliphatic carbocycles. The normalized spacial score (nSPS) is 11.0. The Bertz CT molecular complexity index is 1050. The Kier molecular flexibility index (Phi) is 10.4. The van der Waals surface area contributed by atoms with E-state index in [-0.39, 0.29) is 31.6 Å². The van der Waals surface area contributed by atoms with Crippen molar-refractivity contribution in [1.29, 1.82) is 0 Å². The molecule has 1 radical (unpaired) electrons. The summed E-state index contributed by atoms with van der Waals surface area (Å²) < 4.78 is 0. The molecular formula is C28H32IrO2-2. The third kappa shape index (κ3) is 8.44. The van der Waals surface area contributed by atoms with Crippen LogP contribution in [0.2, 0.25) is 0 Å². The van der Waals surface area contributed by atoms with Gasteiger partial charge in [0.1, 0.15) is 0 Å². The number of allylic oxidation sites excluding steroid dienone is 2. The number of carbonyl (C=O) groups is 1. The summed E-state index contributed by atoms with van der Waals surface area (Å²) in [5.74, 6) is 0.574. The first kappa shape index (κ1) is 26.8. The van der Waals surface area contributed by atoms with Gasteiger partial charge in [0.2, 0.25) is 0 Å². The van der Waals surface area contributed by atoms with Gasteiger partial charge in [-0.25, -0.2) is 5.56 Å². The number of ketones is 1. The Balaban J connectivity index is 0.000000523. The van der Waals surface area contributed by atoms with Crippen LogP contribution < -0.4 is 0 Å². The Hall–Kier alpha value is -2.22. The van der Waals surface area contributed by atoms with E-state index in [9.17, 15) is 4.79 Å². The topological polar surface area (TPSA) is 37.3 Å². The number of hydrogen-bond acceptors (Lipinski definition) is 2. The molecule has 0 amide bonds. The summed E-state index contributed by atoms with van der Waals surface area (Å²) in [4.78, 5) is 10.0. The number of fused-ring (bicyclic) bond motifs is 1. The first-order valence-corrected chi connectivity index (χ1v) is 10.4. The number of hydrogen-bond donors (Lipinski definition) is 1. The number of aliphatic hydroxyl groups excluding tert-OH is 1.